The van der Waals surface area contributed by atoms with E-state index in [4.69, 9.17) is 14.2 Å². The van der Waals surface area contributed by atoms with E-state index in [-0.39, 0.29) is 0 Å². The highest BCUT2D eigenvalue weighted by Gasteiger charge is 2.42. The molecular weight excluding hydrogens is 410 g/mol. The van der Waals surface area contributed by atoms with Crippen molar-refractivity contribution in [2.24, 2.45) is 0 Å². The van der Waals surface area contributed by atoms with Crippen molar-refractivity contribution < 1.29 is 28.9 Å². The van der Waals surface area contributed by atoms with Gasteiger partial charge in [0.15, 0.2) is 0 Å². The molecule has 1 saturated heterocycles. The van der Waals surface area contributed by atoms with Gasteiger partial charge in [-0.05, 0) is 26.3 Å². The molecule has 1 aliphatic heterocycles. The van der Waals surface area contributed by atoms with E-state index >= 15 is 0 Å². The number of nitrogens with one attached hydrogen (secondary N) is 1. The lowest BCUT2D eigenvalue weighted by molar-refractivity contribution is -0.141. The zero-order chi connectivity index (χ0) is 23.6. The molecule has 0 saturated carbocycles. The molecule has 2 aromatic rings. The molecule has 1 atom stereocenters. The van der Waals surface area contributed by atoms with Gasteiger partial charge in [0.05, 0.1) is 13.2 Å². The van der Waals surface area contributed by atoms with Gasteiger partial charge in [0, 0.05) is 16.5 Å². The lowest BCUT2D eigenvalue weighted by Crippen LogP contribution is -2.53. The lowest BCUT2D eigenvalue weighted by Gasteiger charge is -2.34. The Morgan fingerprint density at radius 2 is 1.47 bits per heavy atom. The molecule has 1 amide bonds. The van der Waals surface area contributed by atoms with E-state index in [2.05, 4.69) is 5.32 Å². The molecule has 3 rings (SSSR count). The van der Waals surface area contributed by atoms with Crippen molar-refractivity contribution in [3.8, 4) is 0 Å². The van der Waals surface area contributed by atoms with Crippen LogP contribution in [0.3, 0.4) is 0 Å². The minimum atomic E-state index is -1.19. The van der Waals surface area contributed by atoms with E-state index in [1.54, 1.807) is 34.6 Å². The second-order valence-corrected chi connectivity index (χ2v) is 9.40. The minimum absolute atomic E-state index is 0.475. The average molecular weight is 442 g/mol. The summed E-state index contributed by atoms with van der Waals surface area (Å²) < 4.78 is 17.3. The monoisotopic (exact) mass is 441 g/mol. The normalized spacial score (nSPS) is 16.9. The number of rotatable bonds is 6. The highest BCUT2D eigenvalue weighted by molar-refractivity contribution is 5.82. The Morgan fingerprint density at radius 3 is 1.97 bits per heavy atom. The summed E-state index contributed by atoms with van der Waals surface area (Å²) in [6, 6.07) is 16.0. The first-order chi connectivity index (χ1) is 15.0. The maximum Gasteiger partial charge on any atom is 0.408 e. The highest BCUT2D eigenvalue weighted by atomic mass is 16.7. The van der Waals surface area contributed by atoms with Gasteiger partial charge in [-0.2, -0.15) is 0 Å². The molecule has 0 bridgehead atoms. The van der Waals surface area contributed by atoms with Crippen LogP contribution in [0.15, 0.2) is 54.6 Å². The molecular formula is C25H31NO6. The van der Waals surface area contributed by atoms with Gasteiger partial charge in [0.2, 0.25) is 5.79 Å². The van der Waals surface area contributed by atoms with Crippen LogP contribution in [0.25, 0.3) is 0 Å². The van der Waals surface area contributed by atoms with E-state index in [0.29, 0.717) is 13.2 Å². The molecule has 2 N–H and O–H groups in total. The van der Waals surface area contributed by atoms with Crippen molar-refractivity contribution in [2.45, 2.75) is 57.5 Å². The molecule has 1 fully saturated rings. The number of hydrogen-bond acceptors (Lipinski definition) is 5. The number of alkyl carbamates (subject to hydrolysis) is 1. The van der Waals surface area contributed by atoms with Crippen molar-refractivity contribution in [3.63, 3.8) is 0 Å². The molecule has 0 radical (unpaired) electrons. The summed E-state index contributed by atoms with van der Waals surface area (Å²) in [6.07, 6.45) is -0.773. The Bertz CT molecular complexity index is 941. The average Bonchev–Trinajstić information content (AvgIpc) is 3.22. The SMILES string of the molecule is CC(C)(C)OC(=O)N[C@H](C(=O)O)C(C)(C)c1ccc(C2(c3ccccc3)OCCO2)cc1. The van der Waals surface area contributed by atoms with Crippen molar-refractivity contribution in [1.29, 1.82) is 0 Å². The Kier molecular flexibility index (Phi) is 6.62. The topological polar surface area (TPSA) is 94.1 Å². The number of benzene rings is 2. The van der Waals surface area contributed by atoms with Crippen LogP contribution in [0.5, 0.6) is 0 Å². The lowest BCUT2D eigenvalue weighted by atomic mass is 9.77. The first-order valence-corrected chi connectivity index (χ1v) is 10.6. The minimum Gasteiger partial charge on any atom is -0.480 e. The predicted molar refractivity (Wildman–Crippen MR) is 119 cm³/mol. The molecule has 2 aromatic carbocycles. The maximum absolute atomic E-state index is 12.2. The Labute approximate surface area is 188 Å². The number of hydrogen-bond donors (Lipinski definition) is 2. The summed E-state index contributed by atoms with van der Waals surface area (Å²) in [6.45, 7) is 9.67. The van der Waals surface area contributed by atoms with Gasteiger partial charge >= 0.3 is 12.1 Å². The quantitative estimate of drug-likeness (QED) is 0.698. The predicted octanol–water partition coefficient (Wildman–Crippen LogP) is 4.19. The third-order valence-corrected chi connectivity index (χ3v) is 5.49. The van der Waals surface area contributed by atoms with Crippen LogP contribution in [0.2, 0.25) is 0 Å². The van der Waals surface area contributed by atoms with Crippen LogP contribution in [-0.2, 0) is 30.2 Å². The van der Waals surface area contributed by atoms with Crippen LogP contribution < -0.4 is 5.32 Å². The fraction of sp³-hybridized carbons (Fsp3) is 0.440. The van der Waals surface area contributed by atoms with Crippen LogP contribution in [0.1, 0.15) is 51.3 Å². The van der Waals surface area contributed by atoms with Crippen LogP contribution in [0, 0.1) is 0 Å². The highest BCUT2D eigenvalue weighted by Crippen LogP contribution is 2.39. The zero-order valence-corrected chi connectivity index (χ0v) is 19.2. The third kappa shape index (κ3) is 4.95. The van der Waals surface area contributed by atoms with Crippen LogP contribution in [0.4, 0.5) is 4.79 Å². The third-order valence-electron chi connectivity index (χ3n) is 5.49. The van der Waals surface area contributed by atoms with Crippen LogP contribution >= 0.6 is 0 Å². The number of carbonyl (C=O) groups excluding carboxylic acids is 1. The van der Waals surface area contributed by atoms with Gasteiger partial charge < -0.3 is 24.6 Å². The second kappa shape index (κ2) is 8.92. The number of ether oxygens (including phenoxy) is 3. The van der Waals surface area contributed by atoms with E-state index in [0.717, 1.165) is 16.7 Å². The molecule has 1 aliphatic rings. The van der Waals surface area contributed by atoms with Gasteiger partial charge in [0.25, 0.3) is 0 Å². The Morgan fingerprint density at radius 1 is 0.938 bits per heavy atom. The number of aliphatic carboxylic acids is 1. The van der Waals surface area contributed by atoms with Gasteiger partial charge in [0.1, 0.15) is 11.6 Å². The first kappa shape index (κ1) is 23.8. The van der Waals surface area contributed by atoms with Gasteiger partial charge in [-0.1, -0.05) is 68.4 Å². The number of amides is 1. The summed E-state index contributed by atoms with van der Waals surface area (Å²) >= 11 is 0. The summed E-state index contributed by atoms with van der Waals surface area (Å²) in [7, 11) is 0. The summed E-state index contributed by atoms with van der Waals surface area (Å²) in [4.78, 5) is 24.3. The Hall–Kier alpha value is -2.90. The zero-order valence-electron chi connectivity index (χ0n) is 19.2. The first-order valence-electron chi connectivity index (χ1n) is 10.6. The number of carboxylic acid groups (broad SMARTS) is 1. The molecule has 0 spiro atoms. The largest absolute Gasteiger partial charge is 0.480 e. The summed E-state index contributed by atoms with van der Waals surface area (Å²) in [5.74, 6) is -2.14. The van der Waals surface area contributed by atoms with Crippen LogP contribution in [-0.4, -0.2) is 42.0 Å². The standard InChI is InChI=1S/C25H31NO6/c1-23(2,3)32-22(29)26-20(21(27)28)24(4,5)17-11-13-19(14-12-17)25(30-15-16-31-25)18-9-7-6-8-10-18/h6-14,20H,15-16H2,1-5H3,(H,26,29)(H,27,28)/t20-/m1/s1. The van der Waals surface area contributed by atoms with Gasteiger partial charge in [-0.3, -0.25) is 0 Å². The molecule has 32 heavy (non-hydrogen) atoms. The van der Waals surface area contributed by atoms with E-state index in [9.17, 15) is 14.7 Å². The molecule has 0 aromatic heterocycles. The number of carboxylic acids is 1. The van der Waals surface area contributed by atoms with Gasteiger partial charge in [-0.25, -0.2) is 9.59 Å². The molecule has 172 valence electrons. The van der Waals surface area contributed by atoms with E-state index < -0.39 is 34.9 Å². The van der Waals surface area contributed by atoms with E-state index in [1.165, 1.54) is 0 Å². The molecule has 0 unspecified atom stereocenters. The number of carbonyl (C=O) groups is 2. The fourth-order valence-corrected chi connectivity index (χ4v) is 3.83. The van der Waals surface area contributed by atoms with Crippen molar-refractivity contribution in [2.75, 3.05) is 13.2 Å². The maximum atomic E-state index is 12.2. The Balaban J connectivity index is 1.89. The molecule has 1 heterocycles. The van der Waals surface area contributed by atoms with Gasteiger partial charge in [-0.15, -0.1) is 0 Å². The van der Waals surface area contributed by atoms with Crippen molar-refractivity contribution >= 4 is 12.1 Å². The fourth-order valence-electron chi connectivity index (χ4n) is 3.83. The molecule has 7 heteroatoms. The van der Waals surface area contributed by atoms with Crippen molar-refractivity contribution in [3.05, 3.63) is 71.3 Å². The second-order valence-electron chi connectivity index (χ2n) is 9.40. The molecule has 7 nitrogen and oxygen atoms in total. The van der Waals surface area contributed by atoms with E-state index in [1.807, 2.05) is 54.6 Å². The molecule has 0 aliphatic carbocycles. The smallest absolute Gasteiger partial charge is 0.408 e. The van der Waals surface area contributed by atoms with Crippen molar-refractivity contribution in [1.82, 2.24) is 5.32 Å². The summed E-state index contributed by atoms with van der Waals surface area (Å²) in [5, 5.41) is 12.3. The summed E-state index contributed by atoms with van der Waals surface area (Å²) in [5.41, 5.74) is 0.794.